The number of hydrogen-bond acceptors (Lipinski definition) is 16. The Bertz CT molecular complexity index is 1490. The molecule has 0 aromatic carbocycles. The number of aromatic nitrogens is 4. The molecule has 2 unspecified atom stereocenters. The summed E-state index contributed by atoms with van der Waals surface area (Å²) in [4.78, 5) is 5.13. The van der Waals surface area contributed by atoms with Gasteiger partial charge in [0, 0.05) is 53.2 Å². The van der Waals surface area contributed by atoms with Crippen molar-refractivity contribution in [2.45, 2.75) is 111 Å². The normalized spacial score (nSPS) is 17.7. The van der Waals surface area contributed by atoms with Gasteiger partial charge in [-0.3, -0.25) is 19.2 Å². The van der Waals surface area contributed by atoms with Crippen molar-refractivity contribution in [3.8, 4) is 24.3 Å². The molecule has 0 saturated carbocycles. The Balaban J connectivity index is -0.000000547. The first-order valence-corrected chi connectivity index (χ1v) is 20.7. The van der Waals surface area contributed by atoms with E-state index in [9.17, 15) is 0 Å². The van der Waals surface area contributed by atoms with Gasteiger partial charge in [-0.1, -0.05) is 56.4 Å². The Morgan fingerprint density at radius 2 is 1.08 bits per heavy atom. The third-order valence-corrected chi connectivity index (χ3v) is 7.47. The second-order valence-electron chi connectivity index (χ2n) is 12.2. The number of fused-ring (bicyclic) bond motifs is 4. The number of allylic oxidation sites excluding steroid dienone is 2. The molecule has 60 heavy (non-hydrogen) atoms. The molecular formula is C36H56Cl2Cu2N12O8. The van der Waals surface area contributed by atoms with E-state index in [-0.39, 0.29) is 40.2 Å². The summed E-state index contributed by atoms with van der Waals surface area (Å²) in [5.41, 5.74) is 2.30. The minimum absolute atomic E-state index is 0. The van der Waals surface area contributed by atoms with Gasteiger partial charge in [-0.2, -0.15) is 65.4 Å². The van der Waals surface area contributed by atoms with Gasteiger partial charge >= 0.3 is 34.1 Å². The van der Waals surface area contributed by atoms with E-state index in [1.165, 1.54) is 78.3 Å². The van der Waals surface area contributed by atoms with Crippen molar-refractivity contribution < 1.29 is 91.9 Å². The molecule has 4 bridgehead atoms. The molecule has 3 aliphatic heterocycles. The average Bonchev–Trinajstić information content (AvgIpc) is 3.78. The molecule has 2 aromatic rings. The number of nitrogens with zero attached hydrogens (tertiary/aromatic N) is 12. The summed E-state index contributed by atoms with van der Waals surface area (Å²) < 4.78 is 69.6. The molecule has 2 aromatic heterocycles. The van der Waals surface area contributed by atoms with Crippen molar-refractivity contribution >= 4 is 0 Å². The molecule has 24 heteroatoms. The maximum Gasteiger partial charge on any atom is 1.00 e. The molecular weight excluding hydrogens is 926 g/mol. The van der Waals surface area contributed by atoms with Crippen molar-refractivity contribution in [1.29, 1.82) is 21.0 Å². The Labute approximate surface area is 379 Å². The van der Waals surface area contributed by atoms with Gasteiger partial charge in [0.15, 0.2) is 0 Å². The van der Waals surface area contributed by atoms with E-state index in [1.807, 2.05) is 12.3 Å². The third kappa shape index (κ3) is 42.9. The fourth-order valence-electron chi connectivity index (χ4n) is 5.51. The van der Waals surface area contributed by atoms with Crippen LogP contribution in [0.25, 0.3) is 10.6 Å². The Morgan fingerprint density at radius 3 is 1.45 bits per heavy atom. The zero-order valence-corrected chi connectivity index (χ0v) is 37.6. The van der Waals surface area contributed by atoms with Crippen molar-refractivity contribution in [3.05, 3.63) is 71.0 Å². The van der Waals surface area contributed by atoms with E-state index in [0.717, 1.165) is 64.6 Å². The number of hydrogen-bond donors (Lipinski definition) is 2. The van der Waals surface area contributed by atoms with Crippen LogP contribution in [0, 0.1) is 65.8 Å². The van der Waals surface area contributed by atoms with E-state index in [1.54, 1.807) is 24.3 Å². The molecule has 2 atom stereocenters. The summed E-state index contributed by atoms with van der Waals surface area (Å²) >= 11 is 0. The molecule has 1 saturated heterocycles. The molecule has 5 rings (SSSR count). The van der Waals surface area contributed by atoms with Crippen molar-refractivity contribution in [3.63, 3.8) is 0 Å². The molecule has 2 N–H and O–H groups in total. The second-order valence-corrected chi connectivity index (χ2v) is 13.8. The Hall–Kier alpha value is -3.16. The number of piperidine rings is 1. The van der Waals surface area contributed by atoms with E-state index >= 15 is 0 Å². The monoisotopic (exact) mass is 980 g/mol. The number of halogens is 2. The zero-order chi connectivity index (χ0) is 44.2. The van der Waals surface area contributed by atoms with Gasteiger partial charge in [-0.15, -0.1) is 12.6 Å². The molecule has 20 nitrogen and oxygen atoms in total. The second kappa shape index (κ2) is 39.9. The predicted molar refractivity (Wildman–Crippen MR) is 194 cm³/mol. The summed E-state index contributed by atoms with van der Waals surface area (Å²) in [7, 11) is -9.39. The van der Waals surface area contributed by atoms with E-state index < -0.39 is 20.5 Å². The summed E-state index contributed by atoms with van der Waals surface area (Å²) in [5, 5.41) is 48.6. The average molecular weight is 983 g/mol. The topological polar surface area (TPSA) is 344 Å². The van der Waals surface area contributed by atoms with Crippen molar-refractivity contribution in [2.24, 2.45) is 0 Å². The van der Waals surface area contributed by atoms with Crippen LogP contribution in [-0.4, -0.2) is 83.5 Å². The predicted octanol–water partition coefficient (Wildman–Crippen LogP) is -1.42. The van der Waals surface area contributed by atoms with Crippen LogP contribution in [0.2, 0.25) is 0 Å². The molecule has 0 radical (unpaired) electrons. The van der Waals surface area contributed by atoms with Crippen LogP contribution < -0.4 is 28.0 Å². The fourth-order valence-corrected chi connectivity index (χ4v) is 5.51. The summed E-state index contributed by atoms with van der Waals surface area (Å²) in [5.74, 6) is 0. The van der Waals surface area contributed by atoms with E-state index in [4.69, 9.17) is 73.8 Å². The fraction of sp³-hybridized carbons (Fsp3) is 0.611. The van der Waals surface area contributed by atoms with Crippen LogP contribution >= 0.6 is 0 Å². The van der Waals surface area contributed by atoms with Crippen molar-refractivity contribution in [1.82, 2.24) is 29.4 Å². The first-order chi connectivity index (χ1) is 27.5. The van der Waals surface area contributed by atoms with Crippen LogP contribution in [0.15, 0.2) is 49.0 Å². The largest absolute Gasteiger partial charge is 1.00 e. The molecule has 3 aliphatic rings. The van der Waals surface area contributed by atoms with Gasteiger partial charge in [-0.25, -0.2) is 0 Å². The first kappa shape index (κ1) is 63.5. The van der Waals surface area contributed by atoms with Crippen molar-refractivity contribution in [2.75, 3.05) is 32.7 Å². The van der Waals surface area contributed by atoms with Gasteiger partial charge in [0.05, 0.1) is 78.6 Å². The van der Waals surface area contributed by atoms with Crippen LogP contribution in [0.5, 0.6) is 0 Å². The molecule has 0 aliphatic carbocycles. The minimum atomic E-state index is -4.69. The maximum absolute atomic E-state index is 8.60. The van der Waals surface area contributed by atoms with Crippen LogP contribution in [0.4, 0.5) is 0 Å². The van der Waals surface area contributed by atoms with Gasteiger partial charge in [0.25, 0.3) is 0 Å². The van der Waals surface area contributed by atoms with Gasteiger partial charge in [0.1, 0.15) is 0 Å². The Kier molecular flexibility index (Phi) is 42.3. The Morgan fingerprint density at radius 1 is 0.667 bits per heavy atom. The van der Waals surface area contributed by atoms with E-state index in [0.29, 0.717) is 6.04 Å². The maximum atomic E-state index is 8.60. The minimum Gasteiger partial charge on any atom is -0.684 e. The molecule has 5 heterocycles. The van der Waals surface area contributed by atoms with Gasteiger partial charge < -0.3 is 10.6 Å². The molecule has 1 fully saturated rings. The summed E-state index contributed by atoms with van der Waals surface area (Å²) in [6.45, 7) is 14.5. The standard InChI is InChI=1S/C28H42N8.4C2H3N.2ClHO4.2Cu/c1-2-8-16-34(22-26-10-4-6-14-30-26)24-28-12-18-36(32-28)20-19-35-17-11-27(31-35)23-33(15-7-1)21-25-9-3-5-13-29-25;4*1-2-3;2*2-1(3,4)5;;/h3,5,9,11-13,17-18,25-26H,1-2,4,6-8,10,14-16,19-24H2;4*1H3;2*(H,2,3,4,5);;/q-2;;;;;;;2*+1. The molecule has 0 amide bonds. The zero-order valence-electron chi connectivity index (χ0n) is 34.2. The summed E-state index contributed by atoms with van der Waals surface area (Å²) in [6, 6.07) is 12.1. The van der Waals surface area contributed by atoms with E-state index in [2.05, 4.69) is 61.2 Å². The van der Waals surface area contributed by atoms with Crippen LogP contribution in [-0.2, 0) is 60.3 Å². The third-order valence-electron chi connectivity index (χ3n) is 7.47. The quantitative estimate of drug-likeness (QED) is 0.332. The van der Waals surface area contributed by atoms with Crippen LogP contribution in [0.1, 0.15) is 84.0 Å². The van der Waals surface area contributed by atoms with Crippen LogP contribution in [0.3, 0.4) is 0 Å². The molecule has 0 spiro atoms. The first-order valence-electron chi connectivity index (χ1n) is 18.2. The van der Waals surface area contributed by atoms with Gasteiger partial charge in [-0.05, 0) is 51.2 Å². The number of aryl methyl sites for hydroxylation is 2. The SMILES string of the molecule is C1=C[N-]C(CN2CCCCCCN(CC3CCCC[N-]3)Cc3ccn(n3)CCn3ccc(n3)C2)C=C1.CC#N.CC#N.CC#N.CC#N.[Cu+].[Cu+].[O-][Cl+3]([O-])([O-])O.[O-][Cl+3]([O-])([O-])O. The number of nitriles is 4. The molecule has 344 valence electrons. The smallest absolute Gasteiger partial charge is 0.684 e. The van der Waals surface area contributed by atoms with Gasteiger partial charge in [0.2, 0.25) is 0 Å². The summed E-state index contributed by atoms with van der Waals surface area (Å²) in [6.07, 6.45) is 21.3. The number of rotatable bonds is 4.